The molecule has 12 atom stereocenters. The molecule has 2 aliphatic heterocycles. The number of rotatable bonds is 0. The second-order valence-corrected chi connectivity index (χ2v) is 42.7. The molecule has 124 heavy (non-hydrogen) atoms. The molecular weight excluding hydrogens is 1580 g/mol. The van der Waals surface area contributed by atoms with Crippen LogP contribution in [0.1, 0.15) is 289 Å². The molecule has 14 aliphatic rings. The summed E-state index contributed by atoms with van der Waals surface area (Å²) in [6, 6.07) is 0. The van der Waals surface area contributed by atoms with Crippen molar-refractivity contribution in [1.29, 1.82) is 0 Å². The zero-order valence-electron chi connectivity index (χ0n) is 75.5. The highest BCUT2D eigenvalue weighted by Crippen LogP contribution is 2.66. The Balaban J connectivity index is 0.000000115. The summed E-state index contributed by atoms with van der Waals surface area (Å²) in [5.74, 6) is 2.36. The summed E-state index contributed by atoms with van der Waals surface area (Å²) in [5, 5.41) is 33.1. The third-order valence-electron chi connectivity index (χ3n) is 34.3. The predicted molar refractivity (Wildman–Crippen MR) is 462 cm³/mol. The third-order valence-corrected chi connectivity index (χ3v) is 34.3. The van der Waals surface area contributed by atoms with Crippen LogP contribution in [0.3, 0.4) is 0 Å². The summed E-state index contributed by atoms with van der Waals surface area (Å²) in [7, 11) is 0. The van der Waals surface area contributed by atoms with Gasteiger partial charge < -0.3 is 63.7 Å². The van der Waals surface area contributed by atoms with Crippen molar-refractivity contribution in [3.63, 3.8) is 0 Å². The number of Topliss-reactive ketones (excluding diaryl/α,β-unsaturated/α-hetero) is 3. The van der Waals surface area contributed by atoms with Crippen molar-refractivity contribution in [1.82, 2.24) is 55.0 Å². The largest absolute Gasteiger partial charge is 0.523 e. The van der Waals surface area contributed by atoms with Gasteiger partial charge in [0.1, 0.15) is 17.3 Å². The number of nitrogens with one attached hydrogen (secondary N) is 5. The Kier molecular flexibility index (Phi) is 22.5. The molecule has 28 nitrogen and oxygen atoms in total. The molecule has 6 aromatic rings. The van der Waals surface area contributed by atoms with E-state index in [-0.39, 0.29) is 112 Å². The Hall–Kier alpha value is -9.43. The third kappa shape index (κ3) is 14.0. The highest BCUT2D eigenvalue weighted by atomic mass is 16.7. The van der Waals surface area contributed by atoms with E-state index in [9.17, 15) is 53.7 Å². The zero-order chi connectivity index (χ0) is 89.7. The van der Waals surface area contributed by atoms with E-state index in [2.05, 4.69) is 150 Å². The van der Waals surface area contributed by atoms with E-state index >= 15 is 0 Å². The quantitative estimate of drug-likeness (QED) is 0.0398. The molecule has 0 radical (unpaired) electrons. The Morgan fingerprint density at radius 1 is 0.371 bits per heavy atom. The second-order valence-electron chi connectivity index (χ2n) is 42.7. The van der Waals surface area contributed by atoms with Crippen LogP contribution in [0, 0.1) is 74.6 Å². The number of nitrogens with zero attached hydrogens (tertiary/aromatic N) is 7. The van der Waals surface area contributed by atoms with E-state index in [1.54, 1.807) is 31.0 Å². The van der Waals surface area contributed by atoms with Gasteiger partial charge in [-0.3, -0.25) is 14.4 Å². The highest BCUT2D eigenvalue weighted by Gasteiger charge is 2.67. The summed E-state index contributed by atoms with van der Waals surface area (Å²) < 4.78 is 29.7. The number of allylic oxidation sites excluding steroid dienone is 4. The predicted octanol–water partition coefficient (Wildman–Crippen LogP) is 14.0. The molecule has 2 spiro atoms. The first-order chi connectivity index (χ1) is 58.1. The lowest BCUT2D eigenvalue weighted by molar-refractivity contribution is -0.281. The minimum Gasteiger partial charge on any atom is -0.523 e. The van der Waals surface area contributed by atoms with Crippen LogP contribution >= 0.6 is 0 Å². The second kappa shape index (κ2) is 31.3. The van der Waals surface area contributed by atoms with Crippen LogP contribution in [0.5, 0.6) is 0 Å². The first kappa shape index (κ1) is 89.4. The molecular formula is C96H126N12O16. The highest BCUT2D eigenvalue weighted by molar-refractivity contribution is 6.01. The fourth-order valence-corrected chi connectivity index (χ4v) is 27.9. The lowest BCUT2D eigenvalue weighted by Gasteiger charge is -2.59. The number of H-pyrrole nitrogens is 5. The number of fused-ring (bicyclic) bond motifs is 17. The van der Waals surface area contributed by atoms with E-state index in [0.29, 0.717) is 92.5 Å². The molecule has 8 heterocycles. The summed E-state index contributed by atoms with van der Waals surface area (Å²) >= 11 is 0. The number of aliphatic hydroxyl groups is 3. The van der Waals surface area contributed by atoms with Crippen LogP contribution in [0.2, 0.25) is 0 Å². The minimum atomic E-state index is -0.556. The average Bonchev–Trinajstić information content (AvgIpc) is 1.23. The van der Waals surface area contributed by atoms with Gasteiger partial charge in [0, 0.05) is 160 Å². The van der Waals surface area contributed by atoms with Gasteiger partial charge in [-0.1, -0.05) is 130 Å². The smallest absolute Gasteiger partial charge is 0.345 e. The maximum atomic E-state index is 12.7. The fourth-order valence-electron chi connectivity index (χ4n) is 27.9. The molecule has 666 valence electrons. The minimum absolute atomic E-state index is 0.00679. The van der Waals surface area contributed by atoms with Crippen LogP contribution in [0.4, 0.5) is 0 Å². The molecule has 20 rings (SSSR count). The molecule has 12 aliphatic carbocycles. The van der Waals surface area contributed by atoms with Crippen LogP contribution in [-0.2, 0) is 104 Å². The number of hydrogen-bond donors (Lipinski definition) is 8. The number of carbonyl (C=O) groups excluding carboxylic acids is 3. The Morgan fingerprint density at radius 3 is 1.14 bits per heavy atom. The van der Waals surface area contributed by atoms with Crippen LogP contribution in [-0.4, -0.2) is 126 Å². The Bertz CT molecular complexity index is 5710. The van der Waals surface area contributed by atoms with E-state index in [1.807, 2.05) is 40.8 Å². The van der Waals surface area contributed by atoms with Gasteiger partial charge in [-0.05, 0) is 179 Å². The van der Waals surface area contributed by atoms with Gasteiger partial charge in [0.25, 0.3) is 0 Å². The van der Waals surface area contributed by atoms with Gasteiger partial charge in [0.15, 0.2) is 23.1 Å². The number of ketones is 3. The monoisotopic (exact) mass is 1700 g/mol. The van der Waals surface area contributed by atoms with E-state index in [1.165, 1.54) is 11.1 Å². The molecule has 0 amide bonds. The van der Waals surface area contributed by atoms with Crippen LogP contribution < -0.4 is 28.4 Å². The molecule has 8 N–H and O–H groups in total. The normalized spacial score (nSPS) is 33.5. The number of aromatic amines is 5. The molecule has 2 saturated heterocycles. The summed E-state index contributed by atoms with van der Waals surface area (Å²) in [5.41, 5.74) is 8.54. The molecule has 5 saturated carbocycles. The van der Waals surface area contributed by atoms with Crippen molar-refractivity contribution in [2.45, 2.75) is 304 Å². The molecule has 28 heteroatoms. The van der Waals surface area contributed by atoms with Gasteiger partial charge in [0.05, 0.1) is 51.7 Å². The van der Waals surface area contributed by atoms with Crippen molar-refractivity contribution in [3.8, 4) is 0 Å². The SMILES string of the molecule is CC1(C)C(=O)/C(=C\O)C[C@]2(C)c3[nH]c(=O)ncc3CC[C@@H]12.CC1(C)C(=O)CC[C@]2(C)c3[nH]c(=O)ncc3CC[C@@H]12.CC1(C)[C@@H]2CC/C(=C\O)C(=O)[C@@]2(C)CCC12OCCO2.CC1(C)[C@@H]2CCc3cnc(=O)[nH]c3[C@@]2(C)CCC12OCCO2.CC1(C)c2oncc2C[C@]2(C)c3[nH]c(=O)ncc3CC[C@@H]12.[C-]#[N+]C1=C(O)C(C)(C)[C@@H]2CCc3cnc(=O)[nH]c3[C@@]2(C)C1. The van der Waals surface area contributed by atoms with Crippen LogP contribution in [0.25, 0.3) is 4.85 Å². The average molecular weight is 1700 g/mol. The first-order valence-corrected chi connectivity index (χ1v) is 44.7. The number of aliphatic hydroxyl groups excluding tert-OH is 3. The molecule has 0 unspecified atom stereocenters. The van der Waals surface area contributed by atoms with E-state index < -0.39 is 27.8 Å². The summed E-state index contributed by atoms with van der Waals surface area (Å²) in [6.45, 7) is 48.2. The number of hydrogen-bond acceptors (Lipinski definition) is 22. The maximum Gasteiger partial charge on any atom is 0.345 e. The summed E-state index contributed by atoms with van der Waals surface area (Å²) in [4.78, 5) is 133. The fraction of sp³-hybridized carbons (Fsp3) is 0.656. The van der Waals surface area contributed by atoms with Gasteiger partial charge in [0.2, 0.25) is 5.70 Å². The van der Waals surface area contributed by atoms with Crippen molar-refractivity contribution in [2.75, 3.05) is 26.4 Å². The molecule has 0 aromatic carbocycles. The van der Waals surface area contributed by atoms with Crippen molar-refractivity contribution in [3.05, 3.63) is 204 Å². The lowest BCUT2D eigenvalue weighted by atomic mass is 9.48. The number of ether oxygens (including phenoxy) is 4. The maximum absolute atomic E-state index is 12.7. The summed E-state index contributed by atoms with van der Waals surface area (Å²) in [6.07, 6.45) is 29.8. The topological polar surface area (TPSA) is 408 Å². The van der Waals surface area contributed by atoms with Crippen molar-refractivity contribution in [2.24, 2.45) is 68.0 Å². The number of aromatic nitrogens is 11. The van der Waals surface area contributed by atoms with E-state index in [4.69, 9.17) is 30.0 Å². The van der Waals surface area contributed by atoms with Gasteiger partial charge in [-0.25, -0.2) is 53.7 Å². The van der Waals surface area contributed by atoms with Gasteiger partial charge >= 0.3 is 28.4 Å². The first-order valence-electron chi connectivity index (χ1n) is 44.7. The number of aryl methyl sites for hydroxylation is 5. The standard InChI is InChI=1S/C17H24N2O3.2C16H19N3O2.C16H20N2O3.C16H24O4.C15H20N2O2/c1-15(2)12-5-4-11-10-18-14(20)19-13(11)16(12,3)6-7-17(15)21-8-9-22-17;1-15(2)11-5-4-9-7-17-14(20)19-12(9)16(11,3)6-10-8-18-21-13(10)15;1-15(2)11-6-5-9-8-18-14(21)19-12(9)16(11,3)7-10(17-4)13(15)20;1-15(2)11-5-4-9-7-17-14(21)18-12(9)16(11,3)6-10(8-19)13(15)20;1-14(2)12-5-4-11(10-17)13(18)15(12,3)6-7-16(14)19-8-9-20-16;1-14(2)10-5-4-9-8-16-13(19)17-12(9)15(10,3)7-6-11(14)18/h10,12H,4-9H2,1-3H3,(H,18,19,20);7-8,11H,4-6H2,1-3H3,(H,17,19,20);8,11,20H,5-7H2,1-3H3,(H,18,19,21);7-8,11,19H,4-6H2,1-3H3,(H,17,18,21);10,12,17H,4-9H2,1-3H3;8,10H,4-7H2,1-3H3,(H,16,17,19)/b;;;10-8-;11-10+;/t12-,16-;3*11-,16-;12-,15-;10-,15-/m000000/s1. The van der Waals surface area contributed by atoms with Crippen molar-refractivity contribution >= 4 is 17.3 Å². The Morgan fingerprint density at radius 2 is 0.718 bits per heavy atom. The molecule has 6 aromatic heterocycles. The van der Waals surface area contributed by atoms with Gasteiger partial charge in [-0.2, -0.15) is 0 Å². The van der Waals surface area contributed by atoms with E-state index in [0.717, 1.165) is 178 Å². The lowest BCUT2D eigenvalue weighted by Crippen LogP contribution is -2.61. The van der Waals surface area contributed by atoms with Gasteiger partial charge in [-0.15, -0.1) is 0 Å². The Labute approximate surface area is 723 Å². The van der Waals surface area contributed by atoms with Crippen LogP contribution in [0.15, 0.2) is 101 Å². The zero-order valence-corrected chi connectivity index (χ0v) is 75.5. The van der Waals surface area contributed by atoms with Crippen molar-refractivity contribution < 1.29 is 53.2 Å². The number of carbonyl (C=O) groups is 3. The molecule has 7 fully saturated rings. The molecule has 0 bridgehead atoms.